The number of rotatable bonds is 24. The van der Waals surface area contributed by atoms with Crippen LogP contribution in [0.5, 0.6) is 11.5 Å². The first kappa shape index (κ1) is 76.6. The van der Waals surface area contributed by atoms with Gasteiger partial charge < -0.3 is 113 Å². The molecule has 8 rings (SSSR count). The van der Waals surface area contributed by atoms with E-state index in [-0.39, 0.29) is 62.1 Å². The predicted octanol–water partition coefficient (Wildman–Crippen LogP) is -4.25. The number of aliphatic hydroxyl groups excluding tert-OH is 10. The summed E-state index contributed by atoms with van der Waals surface area (Å²) in [6, 6.07) is 6.38. The van der Waals surface area contributed by atoms with E-state index >= 15 is 4.79 Å². The van der Waals surface area contributed by atoms with E-state index in [1.54, 1.807) is 12.1 Å². The zero-order valence-electron chi connectivity index (χ0n) is 55.9. The number of nitrogens with zero attached hydrogens (tertiary/aromatic N) is 4. The van der Waals surface area contributed by atoms with Gasteiger partial charge in [0.1, 0.15) is 42.9 Å². The van der Waals surface area contributed by atoms with Gasteiger partial charge in [0.2, 0.25) is 35.4 Å². The van der Waals surface area contributed by atoms with Gasteiger partial charge in [0.15, 0.2) is 11.5 Å². The predicted molar refractivity (Wildman–Crippen MR) is 357 cm³/mol. The fourth-order valence-electron chi connectivity index (χ4n) is 13.7. The Balaban J connectivity index is 1.06. The molecule has 18 N–H and O–H groups in total. The van der Waals surface area contributed by atoms with Crippen molar-refractivity contribution in [1.82, 2.24) is 51.9 Å². The molecule has 4 heterocycles. The second-order valence-electron chi connectivity index (χ2n) is 26.7. The van der Waals surface area contributed by atoms with Crippen LogP contribution in [0.25, 0.3) is 11.1 Å². The van der Waals surface area contributed by atoms with Crippen molar-refractivity contribution >= 4 is 47.0 Å². The van der Waals surface area contributed by atoms with E-state index in [1.165, 1.54) is 69.4 Å². The molecule has 0 bridgehead atoms. The van der Waals surface area contributed by atoms with Crippen molar-refractivity contribution in [1.29, 1.82) is 0 Å². The minimum atomic E-state index is -2.13. The van der Waals surface area contributed by atoms with Crippen LogP contribution in [-0.2, 0) is 35.2 Å². The lowest BCUT2D eigenvalue weighted by Crippen LogP contribution is -2.64. The zero-order valence-corrected chi connectivity index (χ0v) is 55.9. The number of fused-ring (bicyclic) bond motifs is 2. The van der Waals surface area contributed by atoms with Gasteiger partial charge in [-0.3, -0.25) is 38.5 Å². The number of phenolic OH excluding ortho intramolecular Hbond substituents is 1. The molecule has 4 saturated heterocycles. The fraction of sp³-hybridized carbons (Fsp3) is 0.632. The topological polar surface area (TPSA) is 448 Å². The first-order chi connectivity index (χ1) is 46.9. The normalized spacial score (nSPS) is 27.7. The molecule has 1 saturated carbocycles. The Bertz CT molecular complexity index is 3110. The lowest BCUT2D eigenvalue weighted by atomic mass is 9.84. The van der Waals surface area contributed by atoms with Crippen LogP contribution in [0.2, 0.25) is 0 Å². The van der Waals surface area contributed by atoms with Gasteiger partial charge in [-0.15, -0.1) is 0 Å². The summed E-state index contributed by atoms with van der Waals surface area (Å²) >= 11 is 0. The van der Waals surface area contributed by atoms with Crippen molar-refractivity contribution in [3.63, 3.8) is 0 Å². The van der Waals surface area contributed by atoms with Crippen molar-refractivity contribution < 1.29 is 94.5 Å². The lowest BCUT2D eigenvalue weighted by molar-refractivity contribution is -0.147. The third-order valence-electron chi connectivity index (χ3n) is 19.7. The number of β-amino-alcohol motifs (C(OH)–C–C–N with tert-alkyl or cyclic N) is 1. The van der Waals surface area contributed by atoms with Gasteiger partial charge in [0, 0.05) is 94.8 Å². The lowest BCUT2D eigenvalue weighted by Gasteiger charge is -2.42. The van der Waals surface area contributed by atoms with Gasteiger partial charge in [-0.05, 0) is 105 Å². The Morgan fingerprint density at radius 3 is 1.89 bits per heavy atom. The maximum Gasteiger partial charge on any atom is 0.251 e. The Labute approximate surface area is 570 Å². The van der Waals surface area contributed by atoms with Crippen LogP contribution in [0.1, 0.15) is 88.1 Å². The summed E-state index contributed by atoms with van der Waals surface area (Å²) < 4.78 is 5.72. The summed E-state index contributed by atoms with van der Waals surface area (Å²) in [6.45, 7) is 5.20. The van der Waals surface area contributed by atoms with Crippen molar-refractivity contribution in [2.24, 2.45) is 11.8 Å². The molecule has 5 aliphatic rings. The molecule has 0 aromatic heterocycles. The molecule has 1 aliphatic carbocycles. The standard InChI is InChI=1S/C68H101N11O19/c1-4-40-5-14-47(15-6-40)76-22-24-77(25-23-76)48-16-12-43(13-17-48)42-8-10-44(11-9-42)62(91)72-51-29-49(85)31-71-66(95)60-61(90)38(2)32-79(60)68(97)59(54(88)19-20-69-45(34-80)35-81)75-65(94)58(55(89)27-41-7-18-53(87)56(28-41)98-26-21-70-46(36-82)37-83)74-64(93)52-30-50(86)33-78(52)67(96)57(39(3)84)73-63(51)92/h7-13,16-18,28,38-40,45-47,49-52,54-55,57-61,69-70,80-90H,4-6,14-15,19-27,29-37H2,1-3H3,(H,71,95)(H,72,91)(H,73,92)(H,74,93)(H,75,94)/t38-,39+,40?,47?,49+,50+,51-,52-,54+,55+,57-,58-,59-,60-,61-/m0/s1. The highest BCUT2D eigenvalue weighted by Crippen LogP contribution is 2.33. The number of aromatic hydroxyl groups is 1. The number of hydrogen-bond acceptors (Lipinski definition) is 23. The molecule has 0 spiro atoms. The number of anilines is 1. The molecule has 4 aliphatic heterocycles. The summed E-state index contributed by atoms with van der Waals surface area (Å²) in [5.74, 6) is -8.20. The van der Waals surface area contributed by atoms with E-state index in [0.717, 1.165) is 65.6 Å². The van der Waals surface area contributed by atoms with Gasteiger partial charge in [-0.1, -0.05) is 50.6 Å². The number of piperazine rings is 1. The van der Waals surface area contributed by atoms with Gasteiger partial charge in [-0.2, -0.15) is 0 Å². The Kier molecular flexibility index (Phi) is 28.3. The SMILES string of the molecule is CCC1CCC(N2CCN(c3ccc(-c4ccc(C(=O)N[C@H]5C[C@@H](O)CNC(=O)[C@@H]6[C@@H](O)[C@@H](C)CN6C(=O)[C@H]([C@H](O)CCNC(CO)CO)NC(=O)[C@H]([C@H](O)Cc6ccc(O)c(OCCNC(CO)CO)c6)NC(=O)[C@@H]6C[C@@H](O)CN6C(=O)[C@H]([C@@H](C)O)NC5=O)cc4)cc3)CC2)CC1. The number of hydrogen-bond donors (Lipinski definition) is 18. The molecular weight excluding hydrogens is 1270 g/mol. The van der Waals surface area contributed by atoms with Crippen LogP contribution in [0, 0.1) is 11.8 Å². The second kappa shape index (κ2) is 36.3. The van der Waals surface area contributed by atoms with Crippen LogP contribution in [-0.4, -0.2) is 295 Å². The number of aliphatic hydroxyl groups is 10. The van der Waals surface area contributed by atoms with E-state index < -0.39 is 184 Å². The molecule has 30 nitrogen and oxygen atoms in total. The van der Waals surface area contributed by atoms with Crippen LogP contribution in [0.4, 0.5) is 5.69 Å². The maximum absolute atomic E-state index is 15.1. The van der Waals surface area contributed by atoms with Crippen molar-refractivity contribution in [2.45, 2.75) is 170 Å². The summed E-state index contributed by atoms with van der Waals surface area (Å²) in [5.41, 5.74) is 3.03. The monoisotopic (exact) mass is 1380 g/mol. The molecule has 0 unspecified atom stereocenters. The first-order valence-corrected chi connectivity index (χ1v) is 34.2. The summed E-state index contributed by atoms with van der Waals surface area (Å²) in [4.78, 5) is 110. The number of ether oxygens (including phenoxy) is 1. The Hall–Kier alpha value is -7.17. The number of carbonyl (C=O) groups excluding carboxylic acids is 7. The molecule has 98 heavy (non-hydrogen) atoms. The third kappa shape index (κ3) is 19.8. The average molecular weight is 1380 g/mol. The number of carbonyl (C=O) groups is 7. The van der Waals surface area contributed by atoms with E-state index in [0.29, 0.717) is 6.04 Å². The van der Waals surface area contributed by atoms with Crippen LogP contribution >= 0.6 is 0 Å². The second-order valence-corrected chi connectivity index (χ2v) is 26.7. The first-order valence-electron chi connectivity index (χ1n) is 34.2. The van der Waals surface area contributed by atoms with Crippen LogP contribution in [0.3, 0.4) is 0 Å². The number of amides is 7. The van der Waals surface area contributed by atoms with Gasteiger partial charge in [-0.25, -0.2) is 0 Å². The van der Waals surface area contributed by atoms with Crippen molar-refractivity contribution in [3.8, 4) is 22.6 Å². The highest BCUT2D eigenvalue weighted by Gasteiger charge is 2.50. The maximum atomic E-state index is 15.1. The van der Waals surface area contributed by atoms with E-state index in [2.05, 4.69) is 66.1 Å². The highest BCUT2D eigenvalue weighted by molar-refractivity contribution is 6.00. The van der Waals surface area contributed by atoms with E-state index in [1.807, 2.05) is 12.1 Å². The third-order valence-corrected chi connectivity index (χ3v) is 19.7. The molecule has 0 radical (unpaired) electrons. The number of benzene rings is 3. The molecule has 5 fully saturated rings. The molecule has 3 aromatic carbocycles. The Morgan fingerprint density at radius 2 is 1.27 bits per heavy atom. The van der Waals surface area contributed by atoms with E-state index in [9.17, 15) is 84.9 Å². The van der Waals surface area contributed by atoms with Gasteiger partial charge in [0.05, 0.1) is 75.1 Å². The smallest absolute Gasteiger partial charge is 0.251 e. The van der Waals surface area contributed by atoms with E-state index in [4.69, 9.17) is 4.74 Å². The van der Waals surface area contributed by atoms with Crippen LogP contribution in [0.15, 0.2) is 66.7 Å². The van der Waals surface area contributed by atoms with Gasteiger partial charge in [0.25, 0.3) is 5.91 Å². The molecule has 30 heteroatoms. The van der Waals surface area contributed by atoms with Crippen molar-refractivity contribution in [3.05, 3.63) is 77.9 Å². The largest absolute Gasteiger partial charge is 0.504 e. The van der Waals surface area contributed by atoms with Crippen LogP contribution < -0.4 is 46.9 Å². The quantitative estimate of drug-likeness (QED) is 0.0378. The minimum Gasteiger partial charge on any atom is -0.504 e. The molecular formula is C68H101N11O19. The average Bonchev–Trinajstić information content (AvgIpc) is 1.68. The van der Waals surface area contributed by atoms with Gasteiger partial charge >= 0.3 is 0 Å². The number of nitrogens with one attached hydrogen (secondary N) is 7. The zero-order chi connectivity index (χ0) is 70.9. The summed E-state index contributed by atoms with van der Waals surface area (Å²) in [5, 5.41) is 137. The van der Waals surface area contributed by atoms with Crippen molar-refractivity contribution in [2.75, 3.05) is 96.8 Å². The molecule has 13 atom stereocenters. The molecule has 542 valence electrons. The Morgan fingerprint density at radius 1 is 0.663 bits per heavy atom. The number of phenols is 1. The highest BCUT2D eigenvalue weighted by atomic mass is 16.5. The fourth-order valence-corrected chi connectivity index (χ4v) is 13.7. The molecule has 3 aromatic rings. The minimum absolute atomic E-state index is 0.0798. The summed E-state index contributed by atoms with van der Waals surface area (Å²) in [7, 11) is 0. The summed E-state index contributed by atoms with van der Waals surface area (Å²) in [6.07, 6.45) is -6.05. The molecule has 7 amide bonds.